The highest BCUT2D eigenvalue weighted by Crippen LogP contribution is 2.30. The maximum atomic E-state index is 12.6. The Morgan fingerprint density at radius 2 is 1.66 bits per heavy atom. The first-order chi connectivity index (χ1) is 13.5. The SMILES string of the molecule is COC(=O)[C@H](Cc1c(Cl)cccc1Cl)NC(=O)[C@H](O)c1ccc(C(F)(F)F)cc1. The van der Waals surface area contributed by atoms with Crippen LogP contribution in [0.3, 0.4) is 0 Å². The van der Waals surface area contributed by atoms with Crippen LogP contribution in [0.2, 0.25) is 10.0 Å². The van der Waals surface area contributed by atoms with E-state index in [-0.39, 0.29) is 22.0 Å². The van der Waals surface area contributed by atoms with Crippen molar-refractivity contribution >= 4 is 35.1 Å². The lowest BCUT2D eigenvalue weighted by atomic mass is 10.0. The van der Waals surface area contributed by atoms with Gasteiger partial charge < -0.3 is 15.2 Å². The third-order valence-electron chi connectivity index (χ3n) is 4.07. The molecule has 0 heterocycles. The van der Waals surface area contributed by atoms with Gasteiger partial charge in [-0.1, -0.05) is 41.4 Å². The molecule has 0 fully saturated rings. The van der Waals surface area contributed by atoms with Crippen LogP contribution in [-0.2, 0) is 26.9 Å². The van der Waals surface area contributed by atoms with Crippen LogP contribution in [0.1, 0.15) is 22.8 Å². The number of alkyl halides is 3. The fourth-order valence-corrected chi connectivity index (χ4v) is 3.08. The Kier molecular flexibility index (Phi) is 7.51. The summed E-state index contributed by atoms with van der Waals surface area (Å²) >= 11 is 12.2. The minimum absolute atomic E-state index is 0.0742. The number of carbonyl (C=O) groups is 2. The van der Waals surface area contributed by atoms with E-state index < -0.39 is 35.8 Å². The van der Waals surface area contributed by atoms with Crippen LogP contribution in [0, 0.1) is 0 Å². The summed E-state index contributed by atoms with van der Waals surface area (Å²) in [7, 11) is 1.11. The van der Waals surface area contributed by atoms with Gasteiger partial charge in [-0.15, -0.1) is 0 Å². The lowest BCUT2D eigenvalue weighted by Crippen LogP contribution is -2.45. The molecule has 1 amide bonds. The molecule has 2 aromatic carbocycles. The number of nitrogens with one attached hydrogen (secondary N) is 1. The van der Waals surface area contributed by atoms with Crippen molar-refractivity contribution in [2.45, 2.75) is 24.7 Å². The smallest absolute Gasteiger partial charge is 0.416 e. The zero-order chi connectivity index (χ0) is 21.8. The number of halogens is 5. The molecular weight excluding hydrogens is 434 g/mol. The van der Waals surface area contributed by atoms with E-state index in [2.05, 4.69) is 10.1 Å². The van der Waals surface area contributed by atoms with Crippen LogP contribution in [-0.4, -0.2) is 30.1 Å². The molecule has 0 aliphatic rings. The Morgan fingerprint density at radius 3 is 2.14 bits per heavy atom. The lowest BCUT2D eigenvalue weighted by Gasteiger charge is -2.20. The first kappa shape index (κ1) is 23.0. The standard InChI is InChI=1S/C19H16Cl2F3NO4/c1-29-18(28)15(9-12-13(20)3-2-4-14(12)21)25-17(27)16(26)10-5-7-11(8-6-10)19(22,23)24/h2-8,15-16,26H,9H2,1H3,(H,25,27)/t15-,16+/m0/s1. The number of benzene rings is 2. The number of amides is 1. The Hall–Kier alpha value is -2.29. The molecule has 10 heteroatoms. The first-order valence-electron chi connectivity index (χ1n) is 8.21. The van der Waals surface area contributed by atoms with Gasteiger partial charge in [-0.05, 0) is 35.4 Å². The number of carbonyl (C=O) groups excluding carboxylic acids is 2. The molecular formula is C19H16Cl2F3NO4. The first-order valence-corrected chi connectivity index (χ1v) is 8.96. The summed E-state index contributed by atoms with van der Waals surface area (Å²) in [6.45, 7) is 0. The van der Waals surface area contributed by atoms with Crippen molar-refractivity contribution in [2.75, 3.05) is 7.11 Å². The van der Waals surface area contributed by atoms with Crippen molar-refractivity contribution in [1.29, 1.82) is 0 Å². The van der Waals surface area contributed by atoms with Crippen LogP contribution in [0.15, 0.2) is 42.5 Å². The number of aliphatic hydroxyl groups is 1. The van der Waals surface area contributed by atoms with E-state index in [9.17, 15) is 27.9 Å². The third kappa shape index (κ3) is 5.85. The maximum Gasteiger partial charge on any atom is 0.416 e. The van der Waals surface area contributed by atoms with Crippen LogP contribution < -0.4 is 5.32 Å². The molecule has 2 rings (SSSR count). The zero-order valence-corrected chi connectivity index (χ0v) is 16.5. The van der Waals surface area contributed by atoms with E-state index in [1.165, 1.54) is 0 Å². The highest BCUT2D eigenvalue weighted by Gasteiger charge is 2.31. The van der Waals surface area contributed by atoms with Crippen molar-refractivity contribution in [1.82, 2.24) is 5.32 Å². The maximum absolute atomic E-state index is 12.6. The predicted molar refractivity (Wildman–Crippen MR) is 101 cm³/mol. The van der Waals surface area contributed by atoms with Crippen molar-refractivity contribution < 1.29 is 32.6 Å². The summed E-state index contributed by atoms with van der Waals surface area (Å²) in [5.41, 5.74) is -0.611. The van der Waals surface area contributed by atoms with E-state index in [1.54, 1.807) is 18.2 Å². The largest absolute Gasteiger partial charge is 0.467 e. The fourth-order valence-electron chi connectivity index (χ4n) is 2.52. The van der Waals surface area contributed by atoms with E-state index >= 15 is 0 Å². The second-order valence-electron chi connectivity index (χ2n) is 6.01. The molecule has 0 aliphatic carbocycles. The summed E-state index contributed by atoms with van der Waals surface area (Å²) in [5, 5.41) is 13.0. The molecule has 156 valence electrons. The second-order valence-corrected chi connectivity index (χ2v) is 6.83. The molecule has 0 radical (unpaired) electrons. The Morgan fingerprint density at radius 1 is 1.10 bits per heavy atom. The Bertz CT molecular complexity index is 868. The fraction of sp³-hybridized carbons (Fsp3) is 0.263. The molecule has 29 heavy (non-hydrogen) atoms. The van der Waals surface area contributed by atoms with Gasteiger partial charge in [-0.25, -0.2) is 4.79 Å². The summed E-state index contributed by atoms with van der Waals surface area (Å²) in [4.78, 5) is 24.4. The molecule has 0 saturated heterocycles. The van der Waals surface area contributed by atoms with Crippen molar-refractivity contribution in [3.8, 4) is 0 Å². The van der Waals surface area contributed by atoms with Crippen LogP contribution in [0.4, 0.5) is 13.2 Å². The third-order valence-corrected chi connectivity index (χ3v) is 4.78. The van der Waals surface area contributed by atoms with Gasteiger partial charge in [0.25, 0.3) is 5.91 Å². The van der Waals surface area contributed by atoms with Crippen LogP contribution in [0.25, 0.3) is 0 Å². The molecule has 2 atom stereocenters. The molecule has 0 spiro atoms. The lowest BCUT2D eigenvalue weighted by molar-refractivity contribution is -0.146. The molecule has 2 N–H and O–H groups in total. The van der Waals surface area contributed by atoms with Crippen molar-refractivity contribution in [3.63, 3.8) is 0 Å². The number of ether oxygens (including phenoxy) is 1. The Labute approximate surface area is 174 Å². The van der Waals surface area contributed by atoms with E-state index in [0.29, 0.717) is 5.56 Å². The van der Waals surface area contributed by atoms with Crippen molar-refractivity contribution in [3.05, 3.63) is 69.2 Å². The predicted octanol–water partition coefficient (Wildman–Crippen LogP) is 3.95. The molecule has 0 saturated carbocycles. The molecule has 0 unspecified atom stereocenters. The minimum atomic E-state index is -4.55. The average molecular weight is 450 g/mol. The van der Waals surface area contributed by atoms with Gasteiger partial charge in [-0.3, -0.25) is 4.79 Å². The normalized spacial score (nSPS) is 13.5. The monoisotopic (exact) mass is 449 g/mol. The van der Waals surface area contributed by atoms with Crippen LogP contribution >= 0.6 is 23.2 Å². The van der Waals surface area contributed by atoms with E-state index in [4.69, 9.17) is 23.2 Å². The van der Waals surface area contributed by atoms with Gasteiger partial charge >= 0.3 is 12.1 Å². The summed E-state index contributed by atoms with van der Waals surface area (Å²) < 4.78 is 42.6. The summed E-state index contributed by atoms with van der Waals surface area (Å²) in [5.74, 6) is -1.81. The molecule has 2 aromatic rings. The summed E-state index contributed by atoms with van der Waals surface area (Å²) in [6, 6.07) is 6.92. The molecule has 5 nitrogen and oxygen atoms in total. The quantitative estimate of drug-likeness (QED) is 0.654. The molecule has 0 bridgehead atoms. The molecule has 0 aliphatic heterocycles. The van der Waals surface area contributed by atoms with Crippen LogP contribution in [0.5, 0.6) is 0 Å². The number of rotatable bonds is 6. The van der Waals surface area contributed by atoms with Gasteiger partial charge in [0.05, 0.1) is 12.7 Å². The van der Waals surface area contributed by atoms with Gasteiger partial charge in [-0.2, -0.15) is 13.2 Å². The highest BCUT2D eigenvalue weighted by molar-refractivity contribution is 6.36. The minimum Gasteiger partial charge on any atom is -0.467 e. The number of esters is 1. The van der Waals surface area contributed by atoms with Gasteiger partial charge in [0.2, 0.25) is 0 Å². The average Bonchev–Trinajstić information content (AvgIpc) is 2.68. The van der Waals surface area contributed by atoms with Crippen molar-refractivity contribution in [2.24, 2.45) is 0 Å². The van der Waals surface area contributed by atoms with Gasteiger partial charge in [0.1, 0.15) is 6.04 Å². The number of aliphatic hydroxyl groups excluding tert-OH is 1. The van der Waals surface area contributed by atoms with E-state index in [1.807, 2.05) is 0 Å². The van der Waals surface area contributed by atoms with E-state index in [0.717, 1.165) is 31.4 Å². The summed E-state index contributed by atoms with van der Waals surface area (Å²) in [6.07, 6.45) is -6.46. The molecule has 0 aromatic heterocycles. The Balaban J connectivity index is 2.18. The number of hydrogen-bond acceptors (Lipinski definition) is 4. The highest BCUT2D eigenvalue weighted by atomic mass is 35.5. The number of methoxy groups -OCH3 is 1. The van der Waals surface area contributed by atoms with Gasteiger partial charge in [0.15, 0.2) is 6.10 Å². The zero-order valence-electron chi connectivity index (χ0n) is 15.0. The number of hydrogen-bond donors (Lipinski definition) is 2. The van der Waals surface area contributed by atoms with Gasteiger partial charge in [0, 0.05) is 16.5 Å². The topological polar surface area (TPSA) is 75.6 Å². The second kappa shape index (κ2) is 9.47.